The maximum atomic E-state index is 12.8. The Balaban J connectivity index is 4.49. The molecule has 0 radical (unpaired) electrons. The van der Waals surface area contributed by atoms with Crippen molar-refractivity contribution in [1.29, 1.82) is 0 Å². The summed E-state index contributed by atoms with van der Waals surface area (Å²) in [6.45, 7) is 6.43. The molecule has 0 fully saturated rings. The van der Waals surface area contributed by atoms with Crippen LogP contribution in [0.25, 0.3) is 0 Å². The van der Waals surface area contributed by atoms with Crippen LogP contribution in [0.4, 0.5) is 0 Å². The summed E-state index contributed by atoms with van der Waals surface area (Å²) < 4.78 is 16.7. The molecule has 0 aromatic heterocycles. The van der Waals surface area contributed by atoms with Crippen molar-refractivity contribution in [2.24, 2.45) is 0 Å². The predicted octanol–water partition coefficient (Wildman–Crippen LogP) is 17.2. The number of hydrogen-bond acceptors (Lipinski definition) is 6. The van der Waals surface area contributed by atoms with Crippen LogP contribution < -0.4 is 0 Å². The number of unbranched alkanes of at least 4 members (excludes halogenated alkanes) is 22. The first-order chi connectivity index (χ1) is 31.0. The number of rotatable bonds is 46. The third-order valence-corrected chi connectivity index (χ3v) is 10.9. The quantitative estimate of drug-likeness (QED) is 0.0199. The van der Waals surface area contributed by atoms with Crippen molar-refractivity contribution in [3.8, 4) is 0 Å². The van der Waals surface area contributed by atoms with E-state index in [2.05, 4.69) is 93.7 Å². The first kappa shape index (κ1) is 59.6. The van der Waals surface area contributed by atoms with Gasteiger partial charge in [-0.1, -0.05) is 228 Å². The minimum Gasteiger partial charge on any atom is -0.462 e. The zero-order chi connectivity index (χ0) is 45.8. The Morgan fingerprint density at radius 3 is 1.10 bits per heavy atom. The highest BCUT2D eigenvalue weighted by atomic mass is 16.6. The van der Waals surface area contributed by atoms with Crippen LogP contribution >= 0.6 is 0 Å². The Bertz CT molecular complexity index is 1240. The second-order valence-corrected chi connectivity index (χ2v) is 17.1. The zero-order valence-corrected chi connectivity index (χ0v) is 41.1. The molecule has 0 aliphatic heterocycles. The van der Waals surface area contributed by atoms with Gasteiger partial charge in [0.2, 0.25) is 0 Å². The monoisotopic (exact) mass is 877 g/mol. The molecule has 0 aromatic carbocycles. The normalized spacial score (nSPS) is 12.7. The summed E-state index contributed by atoms with van der Waals surface area (Å²) in [4.78, 5) is 37.9. The molecule has 0 N–H and O–H groups in total. The van der Waals surface area contributed by atoms with Crippen molar-refractivity contribution < 1.29 is 28.6 Å². The summed E-state index contributed by atoms with van der Waals surface area (Å²) in [6, 6.07) is 0. The van der Waals surface area contributed by atoms with Gasteiger partial charge in [0.1, 0.15) is 13.2 Å². The third-order valence-electron chi connectivity index (χ3n) is 10.9. The highest BCUT2D eigenvalue weighted by Gasteiger charge is 2.19. The lowest BCUT2D eigenvalue weighted by atomic mass is 10.1. The molecule has 6 nitrogen and oxygen atoms in total. The highest BCUT2D eigenvalue weighted by molar-refractivity contribution is 5.71. The summed E-state index contributed by atoms with van der Waals surface area (Å²) in [5, 5.41) is 0. The van der Waals surface area contributed by atoms with Crippen molar-refractivity contribution in [1.82, 2.24) is 0 Å². The third kappa shape index (κ3) is 49.5. The Labute approximate surface area is 388 Å². The number of hydrogen-bond donors (Lipinski definition) is 0. The molecular weight excluding hydrogens is 781 g/mol. The fourth-order valence-electron chi connectivity index (χ4n) is 7.01. The zero-order valence-electron chi connectivity index (χ0n) is 41.1. The van der Waals surface area contributed by atoms with Crippen LogP contribution in [-0.2, 0) is 28.6 Å². The van der Waals surface area contributed by atoms with E-state index < -0.39 is 12.1 Å². The Hall–Kier alpha value is -3.41. The SMILES string of the molecule is CC/C=C\C/C=C\C/C=C\C/C=C\C/C=C\CCC(=O)OC(COC(=O)CCCCCCC/C=C\C=C/CCCCCCCCC)COC(=O)CCCCCCCCCCCCC. The van der Waals surface area contributed by atoms with Crippen LogP contribution in [0.1, 0.15) is 239 Å². The lowest BCUT2D eigenvalue weighted by molar-refractivity contribution is -0.166. The van der Waals surface area contributed by atoms with E-state index >= 15 is 0 Å². The van der Waals surface area contributed by atoms with Crippen LogP contribution in [0.15, 0.2) is 85.1 Å². The lowest BCUT2D eigenvalue weighted by Crippen LogP contribution is -2.30. The molecule has 6 heteroatoms. The van der Waals surface area contributed by atoms with Gasteiger partial charge in [-0.25, -0.2) is 0 Å². The van der Waals surface area contributed by atoms with E-state index in [1.807, 2.05) is 12.2 Å². The summed E-state index contributed by atoms with van der Waals surface area (Å²) in [7, 11) is 0. The minimum atomic E-state index is -0.820. The van der Waals surface area contributed by atoms with Crippen LogP contribution in [-0.4, -0.2) is 37.2 Å². The van der Waals surface area contributed by atoms with Gasteiger partial charge in [-0.3, -0.25) is 14.4 Å². The van der Waals surface area contributed by atoms with E-state index in [4.69, 9.17) is 14.2 Å². The van der Waals surface area contributed by atoms with E-state index in [0.717, 1.165) is 89.9 Å². The predicted molar refractivity (Wildman–Crippen MR) is 270 cm³/mol. The van der Waals surface area contributed by atoms with Crippen molar-refractivity contribution in [3.05, 3.63) is 85.1 Å². The largest absolute Gasteiger partial charge is 0.462 e. The average molecular weight is 877 g/mol. The molecule has 63 heavy (non-hydrogen) atoms. The van der Waals surface area contributed by atoms with Crippen LogP contribution in [0, 0.1) is 0 Å². The van der Waals surface area contributed by atoms with Gasteiger partial charge in [0.05, 0.1) is 0 Å². The fourth-order valence-corrected chi connectivity index (χ4v) is 7.01. The van der Waals surface area contributed by atoms with Gasteiger partial charge in [-0.15, -0.1) is 0 Å². The Morgan fingerprint density at radius 1 is 0.349 bits per heavy atom. The molecule has 0 heterocycles. The van der Waals surface area contributed by atoms with E-state index in [9.17, 15) is 14.4 Å². The molecule has 0 aliphatic carbocycles. The number of carbonyl (C=O) groups is 3. The van der Waals surface area contributed by atoms with Gasteiger partial charge < -0.3 is 14.2 Å². The second-order valence-electron chi connectivity index (χ2n) is 17.1. The van der Waals surface area contributed by atoms with Crippen molar-refractivity contribution >= 4 is 17.9 Å². The molecule has 0 aliphatic rings. The van der Waals surface area contributed by atoms with Crippen LogP contribution in [0.2, 0.25) is 0 Å². The molecule has 0 saturated heterocycles. The minimum absolute atomic E-state index is 0.110. The van der Waals surface area contributed by atoms with Crippen LogP contribution in [0.5, 0.6) is 0 Å². The van der Waals surface area contributed by atoms with Crippen molar-refractivity contribution in [2.45, 2.75) is 245 Å². The maximum Gasteiger partial charge on any atom is 0.306 e. The van der Waals surface area contributed by atoms with Gasteiger partial charge in [0.15, 0.2) is 6.10 Å². The molecule has 0 bridgehead atoms. The van der Waals surface area contributed by atoms with Gasteiger partial charge in [-0.2, -0.15) is 0 Å². The van der Waals surface area contributed by atoms with Gasteiger partial charge in [0, 0.05) is 19.3 Å². The van der Waals surface area contributed by atoms with E-state index in [1.54, 1.807) is 0 Å². The van der Waals surface area contributed by atoms with Gasteiger partial charge in [0.25, 0.3) is 0 Å². The van der Waals surface area contributed by atoms with Gasteiger partial charge >= 0.3 is 17.9 Å². The molecule has 0 rings (SSSR count). The average Bonchev–Trinajstić information content (AvgIpc) is 3.28. The Kier molecular flexibility index (Phi) is 48.5. The highest BCUT2D eigenvalue weighted by Crippen LogP contribution is 2.14. The summed E-state index contributed by atoms with van der Waals surface area (Å²) >= 11 is 0. The fraction of sp³-hybridized carbons (Fsp3) is 0.702. The molecule has 0 spiro atoms. The molecular formula is C57H96O6. The Morgan fingerprint density at radius 2 is 0.698 bits per heavy atom. The van der Waals surface area contributed by atoms with Crippen molar-refractivity contribution in [3.63, 3.8) is 0 Å². The van der Waals surface area contributed by atoms with E-state index in [1.165, 1.54) is 103 Å². The van der Waals surface area contributed by atoms with Gasteiger partial charge in [-0.05, 0) is 77.0 Å². The maximum absolute atomic E-state index is 12.8. The topological polar surface area (TPSA) is 78.9 Å². The molecule has 0 aromatic rings. The molecule has 1 unspecified atom stereocenters. The number of allylic oxidation sites excluding steroid dienone is 14. The molecule has 1 atom stereocenters. The number of ether oxygens (including phenoxy) is 3. The summed E-state index contributed by atoms with van der Waals surface area (Å²) in [5.74, 6) is -1.01. The molecule has 0 saturated carbocycles. The first-order valence-electron chi connectivity index (χ1n) is 26.1. The van der Waals surface area contributed by atoms with E-state index in [-0.39, 0.29) is 31.6 Å². The second kappa shape index (κ2) is 51.2. The standard InChI is InChI=1S/C57H96O6/c1-4-7-10-13-16-19-22-24-26-28-29-31-32-35-38-41-44-47-50-56(59)62-53-54(52-61-55(58)49-46-43-40-37-34-21-18-15-12-9-6-3)63-57(60)51-48-45-42-39-36-33-30-27-25-23-20-17-14-11-8-5-2/h8,11,17,20,25-29,31,33,36,42,45,54H,4-7,9-10,12-16,18-19,21-24,30,32,34-35,37-41,43-44,46-53H2,1-3H3/b11-8-,20-17-,27-25-,28-26-,31-29-,36-33-,45-42-. The summed E-state index contributed by atoms with van der Waals surface area (Å²) in [6.07, 6.45) is 65.8. The van der Waals surface area contributed by atoms with Crippen LogP contribution in [0.3, 0.4) is 0 Å². The molecule has 0 amide bonds. The van der Waals surface area contributed by atoms with E-state index in [0.29, 0.717) is 19.3 Å². The smallest absolute Gasteiger partial charge is 0.306 e. The number of carbonyl (C=O) groups excluding carboxylic acids is 3. The first-order valence-corrected chi connectivity index (χ1v) is 26.1. The molecule has 360 valence electrons. The lowest BCUT2D eigenvalue weighted by Gasteiger charge is -2.18. The van der Waals surface area contributed by atoms with Crippen molar-refractivity contribution in [2.75, 3.05) is 13.2 Å². The summed E-state index contributed by atoms with van der Waals surface area (Å²) in [5.41, 5.74) is 0. The number of esters is 3.